The monoisotopic (exact) mass is 411 g/mol. The largest absolute Gasteiger partial charge is 0.329 e. The van der Waals surface area contributed by atoms with Gasteiger partial charge in [0.05, 0.1) is 11.0 Å². The van der Waals surface area contributed by atoms with Crippen LogP contribution in [0.2, 0.25) is 0 Å². The van der Waals surface area contributed by atoms with Gasteiger partial charge in [0, 0.05) is 22.6 Å². The number of allylic oxidation sites excluding steroid dienone is 2. The van der Waals surface area contributed by atoms with Crippen LogP contribution in [0.25, 0.3) is 11.0 Å². The van der Waals surface area contributed by atoms with E-state index in [0.29, 0.717) is 6.42 Å². The van der Waals surface area contributed by atoms with Crippen molar-refractivity contribution in [1.82, 2.24) is 9.55 Å². The van der Waals surface area contributed by atoms with Crippen LogP contribution < -0.4 is 5.32 Å². The summed E-state index contributed by atoms with van der Waals surface area (Å²) in [5.74, 6) is 1.26. The Hall–Kier alpha value is -3.18. The smallest absolute Gasteiger partial charge is 0.209 e. The van der Waals surface area contributed by atoms with E-state index in [1.54, 1.807) is 11.3 Å². The second-order valence-corrected chi connectivity index (χ2v) is 9.15. The van der Waals surface area contributed by atoms with Crippen LogP contribution in [0.5, 0.6) is 0 Å². The van der Waals surface area contributed by atoms with Gasteiger partial charge < -0.3 is 5.32 Å². The second-order valence-electron chi connectivity index (χ2n) is 8.17. The molecule has 4 aromatic rings. The number of aryl methyl sites for hydroxylation is 1. The van der Waals surface area contributed by atoms with Gasteiger partial charge in [-0.25, -0.2) is 4.98 Å². The third-order valence-electron chi connectivity index (χ3n) is 6.26. The summed E-state index contributed by atoms with van der Waals surface area (Å²) in [5, 5.41) is 5.62. The Morgan fingerprint density at radius 1 is 1.03 bits per heavy atom. The van der Waals surface area contributed by atoms with Gasteiger partial charge in [-0.3, -0.25) is 9.36 Å². The predicted molar refractivity (Wildman–Crippen MR) is 121 cm³/mol. The molecule has 0 fully saturated rings. The highest BCUT2D eigenvalue weighted by Gasteiger charge is 2.39. The number of anilines is 1. The fourth-order valence-electron chi connectivity index (χ4n) is 4.82. The van der Waals surface area contributed by atoms with Crippen LogP contribution in [-0.4, -0.2) is 15.3 Å². The Labute approximate surface area is 178 Å². The van der Waals surface area contributed by atoms with Gasteiger partial charge in [0.15, 0.2) is 5.78 Å². The highest BCUT2D eigenvalue weighted by atomic mass is 32.1. The number of para-hydroxylation sites is 2. The van der Waals surface area contributed by atoms with Crippen molar-refractivity contribution >= 4 is 34.1 Å². The molecular weight excluding hydrogens is 390 g/mol. The molecule has 0 amide bonds. The molecule has 1 aliphatic heterocycles. The number of aromatic nitrogens is 2. The first-order valence-corrected chi connectivity index (χ1v) is 11.2. The zero-order chi connectivity index (χ0) is 20.2. The summed E-state index contributed by atoms with van der Waals surface area (Å²) in [6.07, 6.45) is 1.38. The Balaban J connectivity index is 1.50. The molecule has 1 N–H and O–H groups in total. The van der Waals surface area contributed by atoms with Crippen LogP contribution >= 0.6 is 11.3 Å². The predicted octanol–water partition coefficient (Wildman–Crippen LogP) is 5.82. The Morgan fingerprint density at radius 3 is 2.67 bits per heavy atom. The number of Topliss-reactive ketones (excluding diaryl/α,β-unsaturated/α-hetero) is 1. The summed E-state index contributed by atoms with van der Waals surface area (Å²) >= 11 is 1.70. The van der Waals surface area contributed by atoms with Crippen molar-refractivity contribution in [2.24, 2.45) is 0 Å². The van der Waals surface area contributed by atoms with Crippen LogP contribution in [-0.2, 0) is 4.79 Å². The Kier molecular flexibility index (Phi) is 3.93. The van der Waals surface area contributed by atoms with Gasteiger partial charge in [-0.05, 0) is 48.4 Å². The summed E-state index contributed by atoms with van der Waals surface area (Å²) in [6.45, 7) is 2.09. The molecule has 30 heavy (non-hydrogen) atoms. The van der Waals surface area contributed by atoms with E-state index in [4.69, 9.17) is 4.98 Å². The van der Waals surface area contributed by atoms with Gasteiger partial charge >= 0.3 is 0 Å². The molecule has 4 nitrogen and oxygen atoms in total. The van der Waals surface area contributed by atoms with Crippen LogP contribution in [0.3, 0.4) is 0 Å². The summed E-state index contributed by atoms with van der Waals surface area (Å²) in [6, 6.07) is 20.8. The molecule has 3 heterocycles. The number of carbonyl (C=O) groups excluding carboxylic acids is 1. The third-order valence-corrected chi connectivity index (χ3v) is 7.18. The fourth-order valence-corrected chi connectivity index (χ4v) is 5.64. The van der Waals surface area contributed by atoms with E-state index < -0.39 is 0 Å². The van der Waals surface area contributed by atoms with E-state index in [-0.39, 0.29) is 17.7 Å². The van der Waals surface area contributed by atoms with E-state index in [0.717, 1.165) is 34.7 Å². The average molecular weight is 412 g/mol. The molecule has 0 radical (unpaired) electrons. The van der Waals surface area contributed by atoms with Crippen LogP contribution in [0, 0.1) is 6.92 Å². The molecule has 2 atom stereocenters. The van der Waals surface area contributed by atoms with E-state index >= 15 is 0 Å². The first-order valence-electron chi connectivity index (χ1n) is 10.3. The third kappa shape index (κ3) is 2.66. The summed E-state index contributed by atoms with van der Waals surface area (Å²) in [7, 11) is 0. The van der Waals surface area contributed by atoms with Crippen molar-refractivity contribution in [3.05, 3.63) is 93.3 Å². The topological polar surface area (TPSA) is 46.9 Å². The quantitative estimate of drug-likeness (QED) is 0.452. The van der Waals surface area contributed by atoms with E-state index in [1.165, 1.54) is 16.0 Å². The molecule has 0 spiro atoms. The van der Waals surface area contributed by atoms with Crippen molar-refractivity contribution in [3.8, 4) is 0 Å². The highest BCUT2D eigenvalue weighted by molar-refractivity contribution is 7.10. The maximum absolute atomic E-state index is 13.5. The van der Waals surface area contributed by atoms with E-state index in [2.05, 4.69) is 64.7 Å². The number of carbonyl (C=O) groups is 1. The van der Waals surface area contributed by atoms with Gasteiger partial charge in [-0.15, -0.1) is 11.3 Å². The van der Waals surface area contributed by atoms with E-state index in [9.17, 15) is 4.79 Å². The number of fused-ring (bicyclic) bond motifs is 3. The summed E-state index contributed by atoms with van der Waals surface area (Å²) in [4.78, 5) is 19.6. The molecule has 2 aromatic heterocycles. The average Bonchev–Trinajstić information content (AvgIpc) is 3.40. The number of ketones is 1. The molecule has 0 bridgehead atoms. The van der Waals surface area contributed by atoms with Crippen molar-refractivity contribution in [3.63, 3.8) is 0 Å². The van der Waals surface area contributed by atoms with E-state index in [1.807, 2.05) is 18.2 Å². The van der Waals surface area contributed by atoms with Crippen molar-refractivity contribution in [2.75, 3.05) is 5.32 Å². The number of rotatable bonds is 2. The number of benzene rings is 2. The molecule has 2 aliphatic rings. The van der Waals surface area contributed by atoms with Crippen molar-refractivity contribution in [2.45, 2.75) is 31.7 Å². The zero-order valence-electron chi connectivity index (χ0n) is 16.6. The van der Waals surface area contributed by atoms with Crippen LogP contribution in [0.15, 0.2) is 77.3 Å². The summed E-state index contributed by atoms with van der Waals surface area (Å²) in [5.41, 5.74) is 6.40. The Morgan fingerprint density at radius 2 is 1.87 bits per heavy atom. The van der Waals surface area contributed by atoms with Gasteiger partial charge in [0.2, 0.25) is 5.95 Å². The van der Waals surface area contributed by atoms with Gasteiger partial charge in [-0.2, -0.15) is 0 Å². The normalized spacial score (nSPS) is 20.8. The molecular formula is C25H21N3OS. The minimum atomic E-state index is -0.116. The van der Waals surface area contributed by atoms with Crippen LogP contribution in [0.4, 0.5) is 5.95 Å². The number of hydrogen-bond donors (Lipinski definition) is 1. The molecule has 0 saturated carbocycles. The molecule has 1 aliphatic carbocycles. The standard InChI is InChI=1S/C25H21N3OS/c1-15-8-10-16(11-9-15)17-13-19-23(21(29)14-17)24(22-7-4-12-30-22)28-20-6-3-2-5-18(20)26-25(28)27-19/h2-12,17,24H,13-14H2,1H3,(H,26,27)/t17-,24+/m1/s1. The minimum Gasteiger partial charge on any atom is -0.329 e. The molecule has 148 valence electrons. The lowest BCUT2D eigenvalue weighted by molar-refractivity contribution is -0.116. The lowest BCUT2D eigenvalue weighted by atomic mass is 9.78. The molecule has 6 rings (SSSR count). The minimum absolute atomic E-state index is 0.116. The lowest BCUT2D eigenvalue weighted by Gasteiger charge is -2.36. The molecule has 5 heteroatoms. The molecule has 0 saturated heterocycles. The van der Waals surface area contributed by atoms with Crippen molar-refractivity contribution in [1.29, 1.82) is 0 Å². The van der Waals surface area contributed by atoms with Gasteiger partial charge in [-0.1, -0.05) is 48.0 Å². The zero-order valence-corrected chi connectivity index (χ0v) is 17.4. The van der Waals surface area contributed by atoms with Gasteiger partial charge in [0.1, 0.15) is 6.04 Å². The van der Waals surface area contributed by atoms with Crippen molar-refractivity contribution < 1.29 is 4.79 Å². The highest BCUT2D eigenvalue weighted by Crippen LogP contribution is 2.46. The maximum Gasteiger partial charge on any atom is 0.209 e. The number of hydrogen-bond acceptors (Lipinski definition) is 4. The number of imidazole rings is 1. The SMILES string of the molecule is Cc1ccc([C@H]2CC(=O)C3=C(C2)Nc2nc4ccccc4n2[C@H]3c2cccs2)cc1. The number of nitrogens with one attached hydrogen (secondary N) is 1. The number of thiophene rings is 1. The first-order chi connectivity index (χ1) is 14.7. The van der Waals surface area contributed by atoms with Crippen LogP contribution in [0.1, 0.15) is 40.8 Å². The lowest BCUT2D eigenvalue weighted by Crippen LogP contribution is -2.32. The second kappa shape index (κ2) is 6.67. The molecule has 2 aromatic carbocycles. The maximum atomic E-state index is 13.5. The summed E-state index contributed by atoms with van der Waals surface area (Å²) < 4.78 is 2.20. The fraction of sp³-hybridized carbons (Fsp3) is 0.200. The first kappa shape index (κ1) is 17.7. The number of nitrogens with zero attached hydrogens (tertiary/aromatic N) is 2. The Bertz CT molecular complexity index is 1300. The molecule has 0 unspecified atom stereocenters. The van der Waals surface area contributed by atoms with Gasteiger partial charge in [0.25, 0.3) is 0 Å².